The summed E-state index contributed by atoms with van der Waals surface area (Å²) >= 11 is 0. The molecule has 0 radical (unpaired) electrons. The number of fused-ring (bicyclic) bond motifs is 2. The third-order valence-corrected chi connectivity index (χ3v) is 5.45. The van der Waals surface area contributed by atoms with Gasteiger partial charge in [-0.05, 0) is 42.7 Å². The molecule has 0 aliphatic rings. The summed E-state index contributed by atoms with van der Waals surface area (Å²) in [5, 5.41) is 3.76. The molecule has 0 fully saturated rings. The zero-order chi connectivity index (χ0) is 21.5. The molecule has 0 spiro atoms. The zero-order valence-electron chi connectivity index (χ0n) is 17.3. The first-order valence-corrected chi connectivity index (χ1v) is 10.2. The molecule has 2 aromatic carbocycles. The number of aromatic nitrogens is 6. The van der Waals surface area contributed by atoms with Gasteiger partial charge < -0.3 is 9.55 Å². The van der Waals surface area contributed by atoms with Gasteiger partial charge in [-0.3, -0.25) is 14.1 Å². The summed E-state index contributed by atoms with van der Waals surface area (Å²) in [6.45, 7) is 5.51. The lowest BCUT2D eigenvalue weighted by atomic mass is 10.1. The van der Waals surface area contributed by atoms with Crippen molar-refractivity contribution < 1.29 is 4.52 Å². The fourth-order valence-electron chi connectivity index (χ4n) is 3.84. The molecular formula is C22H22N6O3. The van der Waals surface area contributed by atoms with Crippen LogP contribution in [0.2, 0.25) is 0 Å². The fourth-order valence-corrected chi connectivity index (χ4v) is 3.84. The van der Waals surface area contributed by atoms with Gasteiger partial charge in [-0.1, -0.05) is 31.1 Å². The largest absolute Gasteiger partial charge is 0.439 e. The van der Waals surface area contributed by atoms with Gasteiger partial charge in [0.25, 0.3) is 0 Å². The van der Waals surface area contributed by atoms with Crippen molar-refractivity contribution >= 4 is 22.1 Å². The molecule has 0 amide bonds. The van der Waals surface area contributed by atoms with Crippen molar-refractivity contribution in [2.24, 2.45) is 5.92 Å². The Morgan fingerprint density at radius 1 is 1.03 bits per heavy atom. The predicted molar refractivity (Wildman–Crippen MR) is 117 cm³/mol. The van der Waals surface area contributed by atoms with Gasteiger partial charge in [-0.25, -0.2) is 14.6 Å². The maximum Gasteiger partial charge on any atom is 0.439 e. The molecule has 31 heavy (non-hydrogen) atoms. The average Bonchev–Trinajstić information content (AvgIpc) is 3.42. The second-order valence-corrected chi connectivity index (χ2v) is 8.04. The monoisotopic (exact) mass is 418 g/mol. The van der Waals surface area contributed by atoms with Crippen molar-refractivity contribution in [1.29, 1.82) is 0 Å². The Morgan fingerprint density at radius 3 is 2.65 bits per heavy atom. The highest BCUT2D eigenvalue weighted by Gasteiger charge is 2.16. The highest BCUT2D eigenvalue weighted by Crippen LogP contribution is 2.24. The average molecular weight is 418 g/mol. The van der Waals surface area contributed by atoms with E-state index in [0.29, 0.717) is 23.9 Å². The molecule has 158 valence electrons. The van der Waals surface area contributed by atoms with E-state index in [-0.39, 0.29) is 5.69 Å². The van der Waals surface area contributed by atoms with Gasteiger partial charge in [0.1, 0.15) is 5.82 Å². The standard InChI is InChI=1S/C22H22N6O3/c1-13(2)9-10-27-18-8-7-14(20-25-22(30)31-26-20)11-16(18)23-19(27)12-28-17-6-4-3-5-15(17)24-21(28)29/h3-8,11,13H,9-10,12H2,1-2H3,(H,24,29)(H,25,26,30). The van der Waals surface area contributed by atoms with Crippen LogP contribution in [0.5, 0.6) is 0 Å². The quantitative estimate of drug-likeness (QED) is 0.440. The Bertz CT molecular complexity index is 1500. The molecule has 3 aromatic heterocycles. The maximum atomic E-state index is 12.6. The molecule has 5 aromatic rings. The van der Waals surface area contributed by atoms with E-state index in [0.717, 1.165) is 40.9 Å². The van der Waals surface area contributed by atoms with Crippen LogP contribution in [0.25, 0.3) is 33.5 Å². The van der Waals surface area contributed by atoms with Gasteiger partial charge in [-0.15, -0.1) is 0 Å². The van der Waals surface area contributed by atoms with E-state index < -0.39 is 5.76 Å². The zero-order valence-corrected chi connectivity index (χ0v) is 17.3. The molecule has 2 N–H and O–H groups in total. The summed E-state index contributed by atoms with van der Waals surface area (Å²) < 4.78 is 8.49. The molecule has 5 rings (SSSR count). The first kappa shape index (κ1) is 19.1. The molecule has 0 bridgehead atoms. The van der Waals surface area contributed by atoms with E-state index in [1.807, 2.05) is 42.5 Å². The summed E-state index contributed by atoms with van der Waals surface area (Å²) in [6.07, 6.45) is 0.986. The molecule has 0 atom stereocenters. The van der Waals surface area contributed by atoms with Crippen LogP contribution in [0, 0.1) is 5.92 Å². The SMILES string of the molecule is CC(C)CCn1c(Cn2c(=O)[nH]c3ccccc32)nc2cc(-c3noc(=O)[nH]3)ccc21. The molecule has 0 aliphatic heterocycles. The van der Waals surface area contributed by atoms with Gasteiger partial charge >= 0.3 is 11.4 Å². The van der Waals surface area contributed by atoms with Gasteiger partial charge in [-0.2, -0.15) is 0 Å². The number of nitrogens with one attached hydrogen (secondary N) is 2. The first-order chi connectivity index (χ1) is 15.0. The number of para-hydroxylation sites is 2. The smallest absolute Gasteiger partial charge is 0.326 e. The van der Waals surface area contributed by atoms with E-state index in [9.17, 15) is 9.59 Å². The van der Waals surface area contributed by atoms with E-state index >= 15 is 0 Å². The fraction of sp³-hybridized carbons (Fsp3) is 0.273. The van der Waals surface area contributed by atoms with Crippen molar-refractivity contribution in [3.05, 3.63) is 69.3 Å². The number of hydrogen-bond acceptors (Lipinski definition) is 5. The first-order valence-electron chi connectivity index (χ1n) is 10.2. The van der Waals surface area contributed by atoms with Crippen molar-refractivity contribution in [1.82, 2.24) is 29.2 Å². The molecule has 0 aliphatic carbocycles. The van der Waals surface area contributed by atoms with Crippen molar-refractivity contribution in [3.8, 4) is 11.4 Å². The Kier molecular flexibility index (Phi) is 4.58. The number of aromatic amines is 2. The van der Waals surface area contributed by atoms with Crippen LogP contribution in [-0.2, 0) is 13.1 Å². The van der Waals surface area contributed by atoms with Crippen molar-refractivity contribution in [3.63, 3.8) is 0 Å². The Hall–Kier alpha value is -3.88. The second-order valence-electron chi connectivity index (χ2n) is 8.04. The Balaban J connectivity index is 1.62. The summed E-state index contributed by atoms with van der Waals surface area (Å²) in [5.74, 6) is 1.09. The summed E-state index contributed by atoms with van der Waals surface area (Å²) in [7, 11) is 0. The van der Waals surface area contributed by atoms with Crippen LogP contribution in [-0.4, -0.2) is 29.2 Å². The second kappa shape index (κ2) is 7.42. The van der Waals surface area contributed by atoms with Gasteiger partial charge in [0.15, 0.2) is 5.82 Å². The number of nitrogens with zero attached hydrogens (tertiary/aromatic N) is 4. The van der Waals surface area contributed by atoms with Crippen LogP contribution >= 0.6 is 0 Å². The molecule has 0 saturated carbocycles. The number of aryl methyl sites for hydroxylation is 1. The van der Waals surface area contributed by atoms with Crippen LogP contribution in [0.1, 0.15) is 26.1 Å². The lowest BCUT2D eigenvalue weighted by Crippen LogP contribution is -2.20. The number of imidazole rings is 2. The van der Waals surface area contributed by atoms with Crippen LogP contribution in [0.4, 0.5) is 0 Å². The van der Waals surface area contributed by atoms with E-state index in [1.165, 1.54) is 0 Å². The minimum absolute atomic E-state index is 0.162. The Labute approximate surface area is 176 Å². The third kappa shape index (κ3) is 3.48. The molecule has 0 unspecified atom stereocenters. The maximum absolute atomic E-state index is 12.6. The van der Waals surface area contributed by atoms with Gasteiger partial charge in [0.2, 0.25) is 0 Å². The topological polar surface area (TPSA) is 114 Å². The van der Waals surface area contributed by atoms with E-state index in [2.05, 4.69) is 38.1 Å². The number of hydrogen-bond donors (Lipinski definition) is 2. The van der Waals surface area contributed by atoms with Crippen molar-refractivity contribution in [2.45, 2.75) is 33.4 Å². The van der Waals surface area contributed by atoms with Crippen LogP contribution in [0.3, 0.4) is 0 Å². The molecule has 9 heteroatoms. The normalized spacial score (nSPS) is 11.8. The minimum atomic E-state index is -0.600. The minimum Gasteiger partial charge on any atom is -0.326 e. The third-order valence-electron chi connectivity index (χ3n) is 5.45. The number of H-pyrrole nitrogens is 2. The number of rotatable bonds is 6. The van der Waals surface area contributed by atoms with Gasteiger partial charge in [0.05, 0.1) is 28.6 Å². The molecular weight excluding hydrogens is 396 g/mol. The summed E-state index contributed by atoms with van der Waals surface area (Å²) in [6, 6.07) is 13.3. The summed E-state index contributed by atoms with van der Waals surface area (Å²) in [5.41, 5.74) is 3.93. The Morgan fingerprint density at radius 2 is 1.87 bits per heavy atom. The molecule has 3 heterocycles. The van der Waals surface area contributed by atoms with Crippen LogP contribution < -0.4 is 11.4 Å². The van der Waals surface area contributed by atoms with Crippen LogP contribution in [0.15, 0.2) is 56.6 Å². The highest BCUT2D eigenvalue weighted by molar-refractivity contribution is 5.81. The van der Waals surface area contributed by atoms with E-state index in [1.54, 1.807) is 4.57 Å². The number of benzene rings is 2. The highest BCUT2D eigenvalue weighted by atomic mass is 16.5. The van der Waals surface area contributed by atoms with E-state index in [4.69, 9.17) is 4.98 Å². The molecule has 9 nitrogen and oxygen atoms in total. The van der Waals surface area contributed by atoms with Gasteiger partial charge in [0, 0.05) is 12.1 Å². The van der Waals surface area contributed by atoms with Crippen molar-refractivity contribution in [2.75, 3.05) is 0 Å². The predicted octanol–water partition coefficient (Wildman–Crippen LogP) is 3.12. The molecule has 0 saturated heterocycles. The summed E-state index contributed by atoms with van der Waals surface area (Å²) in [4.78, 5) is 34.2. The lowest BCUT2D eigenvalue weighted by molar-refractivity contribution is 0.388. The lowest BCUT2D eigenvalue weighted by Gasteiger charge is -2.11.